The van der Waals surface area contributed by atoms with Crippen LogP contribution in [0.5, 0.6) is 11.5 Å². The van der Waals surface area contributed by atoms with Crippen LogP contribution in [0, 0.1) is 0 Å². The Bertz CT molecular complexity index is 1200. The number of methoxy groups -OCH3 is 2. The van der Waals surface area contributed by atoms with Crippen LogP contribution in [0.2, 0.25) is 0 Å². The van der Waals surface area contributed by atoms with Gasteiger partial charge in [0.2, 0.25) is 11.8 Å². The van der Waals surface area contributed by atoms with Crippen molar-refractivity contribution in [2.45, 2.75) is 18.1 Å². The van der Waals surface area contributed by atoms with Gasteiger partial charge in [0, 0.05) is 18.7 Å². The second-order valence-electron chi connectivity index (χ2n) is 7.88. The van der Waals surface area contributed by atoms with Crippen LogP contribution in [0.15, 0.2) is 83.9 Å². The summed E-state index contributed by atoms with van der Waals surface area (Å²) in [5, 5.41) is 2.85. The lowest BCUT2D eigenvalue weighted by molar-refractivity contribution is -0.129. The van der Waals surface area contributed by atoms with Gasteiger partial charge in [-0.1, -0.05) is 54.2 Å². The van der Waals surface area contributed by atoms with Crippen molar-refractivity contribution >= 4 is 40.1 Å². The third kappa shape index (κ3) is 6.22. The van der Waals surface area contributed by atoms with E-state index in [0.717, 1.165) is 11.3 Å². The van der Waals surface area contributed by atoms with Crippen molar-refractivity contribution in [2.75, 3.05) is 26.1 Å². The zero-order chi connectivity index (χ0) is 24.6. The van der Waals surface area contributed by atoms with E-state index in [1.165, 1.54) is 11.8 Å². The Labute approximate surface area is 209 Å². The molecule has 0 saturated carbocycles. The summed E-state index contributed by atoms with van der Waals surface area (Å²) in [6, 6.07) is 24.4. The van der Waals surface area contributed by atoms with Gasteiger partial charge in [0.15, 0.2) is 16.7 Å². The molecule has 1 atom stereocenters. The van der Waals surface area contributed by atoms with Gasteiger partial charge in [-0.25, -0.2) is 4.99 Å². The number of rotatable bonds is 8. The van der Waals surface area contributed by atoms with E-state index in [9.17, 15) is 9.59 Å². The number of ether oxygens (including phenoxy) is 2. The molecule has 0 bridgehead atoms. The molecule has 1 saturated heterocycles. The molecule has 1 fully saturated rings. The molecule has 180 valence electrons. The molecular formula is C27H27N3O4S. The summed E-state index contributed by atoms with van der Waals surface area (Å²) < 4.78 is 10.7. The molecule has 0 aromatic heterocycles. The Morgan fingerprint density at radius 2 is 1.69 bits per heavy atom. The second kappa shape index (κ2) is 11.6. The van der Waals surface area contributed by atoms with Gasteiger partial charge in [-0.3, -0.25) is 14.5 Å². The number of amides is 2. The number of para-hydroxylation sites is 2. The number of carbonyl (C=O) groups excluding carboxylic acids is 2. The fourth-order valence-electron chi connectivity index (χ4n) is 3.70. The molecule has 35 heavy (non-hydrogen) atoms. The average molecular weight is 490 g/mol. The van der Waals surface area contributed by atoms with Gasteiger partial charge in [0.05, 0.1) is 19.9 Å². The van der Waals surface area contributed by atoms with Crippen LogP contribution in [0.3, 0.4) is 0 Å². The summed E-state index contributed by atoms with van der Waals surface area (Å²) in [5.74, 6) is 0.946. The lowest BCUT2D eigenvalue weighted by Gasteiger charge is -2.32. The number of hydrogen-bond donors (Lipinski definition) is 1. The summed E-state index contributed by atoms with van der Waals surface area (Å²) in [5.41, 5.74) is 2.43. The van der Waals surface area contributed by atoms with E-state index in [2.05, 4.69) is 5.32 Å². The molecule has 1 aliphatic heterocycles. The van der Waals surface area contributed by atoms with Crippen LogP contribution >= 0.6 is 11.8 Å². The zero-order valence-electron chi connectivity index (χ0n) is 19.6. The van der Waals surface area contributed by atoms with Crippen LogP contribution in [0.4, 0.5) is 11.4 Å². The predicted molar refractivity (Wildman–Crippen MR) is 140 cm³/mol. The number of aliphatic imine (C=N–C) groups is 1. The van der Waals surface area contributed by atoms with Crippen LogP contribution in [-0.2, 0) is 16.0 Å². The van der Waals surface area contributed by atoms with Crippen molar-refractivity contribution in [3.05, 3.63) is 84.4 Å². The molecule has 1 aliphatic rings. The van der Waals surface area contributed by atoms with E-state index >= 15 is 0 Å². The first-order valence-corrected chi connectivity index (χ1v) is 12.1. The zero-order valence-corrected chi connectivity index (χ0v) is 20.5. The normalized spacial score (nSPS) is 16.7. The Morgan fingerprint density at radius 1 is 1.00 bits per heavy atom. The summed E-state index contributed by atoms with van der Waals surface area (Å²) in [4.78, 5) is 32.5. The number of anilines is 1. The number of nitrogens with zero attached hydrogens (tertiary/aromatic N) is 2. The minimum Gasteiger partial charge on any atom is -0.493 e. The van der Waals surface area contributed by atoms with Crippen molar-refractivity contribution < 1.29 is 19.1 Å². The van der Waals surface area contributed by atoms with E-state index in [-0.39, 0.29) is 18.2 Å². The first-order valence-electron chi connectivity index (χ1n) is 11.2. The van der Waals surface area contributed by atoms with Crippen molar-refractivity contribution in [2.24, 2.45) is 4.99 Å². The Hall–Kier alpha value is -3.78. The van der Waals surface area contributed by atoms with Gasteiger partial charge in [-0.05, 0) is 48.4 Å². The molecule has 3 aromatic carbocycles. The molecule has 0 aliphatic carbocycles. The fraction of sp³-hybridized carbons (Fsp3) is 0.222. The number of hydrogen-bond acceptors (Lipinski definition) is 6. The third-order valence-electron chi connectivity index (χ3n) is 5.53. The van der Waals surface area contributed by atoms with E-state index in [4.69, 9.17) is 14.5 Å². The molecule has 7 nitrogen and oxygen atoms in total. The minimum atomic E-state index is -0.567. The van der Waals surface area contributed by atoms with Crippen LogP contribution in [0.25, 0.3) is 0 Å². The van der Waals surface area contributed by atoms with E-state index in [1.807, 2.05) is 78.9 Å². The quantitative estimate of drug-likeness (QED) is 0.487. The van der Waals surface area contributed by atoms with E-state index in [1.54, 1.807) is 19.1 Å². The maximum absolute atomic E-state index is 13.2. The number of nitrogens with one attached hydrogen (secondary N) is 1. The fourth-order valence-corrected chi connectivity index (χ4v) is 4.82. The van der Waals surface area contributed by atoms with Crippen molar-refractivity contribution in [1.29, 1.82) is 0 Å². The van der Waals surface area contributed by atoms with Crippen LogP contribution in [0.1, 0.15) is 12.0 Å². The molecule has 4 rings (SSSR count). The standard InChI is InChI=1S/C27H27N3O4S/c1-33-22-14-13-19(17-23(22)34-2)15-16-30-25(31)18-24(26(32)28-20-9-5-3-6-10-20)35-27(30)29-21-11-7-4-8-12-21/h3-14,17,24H,15-16,18H2,1-2H3,(H,28,32)/t24-/m1/s1. The molecule has 1 heterocycles. The third-order valence-corrected chi connectivity index (χ3v) is 6.71. The number of thioether (sulfide) groups is 1. The molecule has 2 amide bonds. The highest BCUT2D eigenvalue weighted by molar-refractivity contribution is 8.15. The van der Waals surface area contributed by atoms with Crippen LogP contribution < -0.4 is 14.8 Å². The highest BCUT2D eigenvalue weighted by Crippen LogP contribution is 2.31. The summed E-state index contributed by atoms with van der Waals surface area (Å²) in [6.07, 6.45) is 0.699. The van der Waals surface area contributed by atoms with Crippen molar-refractivity contribution in [3.63, 3.8) is 0 Å². The molecule has 0 radical (unpaired) electrons. The van der Waals surface area contributed by atoms with E-state index < -0.39 is 5.25 Å². The van der Waals surface area contributed by atoms with Crippen molar-refractivity contribution in [3.8, 4) is 11.5 Å². The summed E-state index contributed by atoms with van der Waals surface area (Å²) in [7, 11) is 3.19. The summed E-state index contributed by atoms with van der Waals surface area (Å²) >= 11 is 1.31. The minimum absolute atomic E-state index is 0.100. The molecule has 0 unspecified atom stereocenters. The summed E-state index contributed by atoms with van der Waals surface area (Å²) in [6.45, 7) is 0.431. The van der Waals surface area contributed by atoms with E-state index in [0.29, 0.717) is 35.3 Å². The number of amidine groups is 1. The molecule has 0 spiro atoms. The molecule has 1 N–H and O–H groups in total. The largest absolute Gasteiger partial charge is 0.493 e. The lowest BCUT2D eigenvalue weighted by atomic mass is 10.1. The first kappa shape index (κ1) is 24.3. The second-order valence-corrected chi connectivity index (χ2v) is 9.05. The monoisotopic (exact) mass is 489 g/mol. The Kier molecular flexibility index (Phi) is 8.05. The maximum Gasteiger partial charge on any atom is 0.238 e. The predicted octanol–water partition coefficient (Wildman–Crippen LogP) is 4.91. The molecule has 8 heteroatoms. The number of benzene rings is 3. The van der Waals surface area contributed by atoms with Gasteiger partial charge in [0.25, 0.3) is 0 Å². The Balaban J connectivity index is 1.53. The average Bonchev–Trinajstić information content (AvgIpc) is 2.89. The Morgan fingerprint density at radius 3 is 2.37 bits per heavy atom. The van der Waals surface area contributed by atoms with Crippen molar-refractivity contribution in [1.82, 2.24) is 4.90 Å². The highest BCUT2D eigenvalue weighted by Gasteiger charge is 2.35. The van der Waals surface area contributed by atoms with Crippen LogP contribution in [-0.4, -0.2) is 47.9 Å². The molecule has 3 aromatic rings. The van der Waals surface area contributed by atoms with Gasteiger partial charge in [0.1, 0.15) is 5.25 Å². The number of carbonyl (C=O) groups is 2. The van der Waals surface area contributed by atoms with Gasteiger partial charge in [-0.15, -0.1) is 0 Å². The SMILES string of the molecule is COc1ccc(CCN2C(=O)C[C@H](C(=O)Nc3ccccc3)SC2=Nc2ccccc2)cc1OC. The topological polar surface area (TPSA) is 80.2 Å². The maximum atomic E-state index is 13.2. The smallest absolute Gasteiger partial charge is 0.238 e. The van der Waals surface area contributed by atoms with Gasteiger partial charge < -0.3 is 14.8 Å². The highest BCUT2D eigenvalue weighted by atomic mass is 32.2. The lowest BCUT2D eigenvalue weighted by Crippen LogP contribution is -2.46. The van der Waals surface area contributed by atoms with Gasteiger partial charge in [-0.2, -0.15) is 0 Å². The molecular weight excluding hydrogens is 462 g/mol. The first-order chi connectivity index (χ1) is 17.1. The van der Waals surface area contributed by atoms with Gasteiger partial charge >= 0.3 is 0 Å².